The number of sulfonamides is 1. The monoisotopic (exact) mass is 420 g/mol. The number of nitrogens with one attached hydrogen (secondary N) is 2. The van der Waals surface area contributed by atoms with E-state index in [1.54, 1.807) is 0 Å². The van der Waals surface area contributed by atoms with E-state index in [-0.39, 0.29) is 28.4 Å². The van der Waals surface area contributed by atoms with Crippen LogP contribution >= 0.6 is 0 Å². The molecule has 0 aliphatic rings. The number of ether oxygens (including phenoxy) is 1. The van der Waals surface area contributed by atoms with Crippen LogP contribution in [0.2, 0.25) is 0 Å². The Kier molecular flexibility index (Phi) is 6.84. The number of methoxy groups -OCH3 is 1. The van der Waals surface area contributed by atoms with E-state index < -0.39 is 16.1 Å². The van der Waals surface area contributed by atoms with E-state index in [0.29, 0.717) is 5.69 Å². The summed E-state index contributed by atoms with van der Waals surface area (Å²) in [6, 6.07) is 3.21. The van der Waals surface area contributed by atoms with Gasteiger partial charge in [-0.2, -0.15) is 4.98 Å². The predicted octanol–water partition coefficient (Wildman–Crippen LogP) is 3.86. The summed E-state index contributed by atoms with van der Waals surface area (Å²) in [6.45, 7) is 11.6. The summed E-state index contributed by atoms with van der Waals surface area (Å²) in [5.74, 6) is 0.299. The van der Waals surface area contributed by atoms with Crippen molar-refractivity contribution in [3.05, 3.63) is 40.7 Å². The topological polar surface area (TPSA) is 110 Å². The lowest BCUT2D eigenvalue weighted by atomic mass is 9.90. The zero-order valence-corrected chi connectivity index (χ0v) is 18.6. The van der Waals surface area contributed by atoms with Crippen molar-refractivity contribution in [2.45, 2.75) is 58.3 Å². The average molecular weight is 421 g/mol. The minimum atomic E-state index is -4.15. The summed E-state index contributed by atoms with van der Waals surface area (Å²) in [7, 11) is -2.77. The first kappa shape index (κ1) is 22.6. The normalized spacial score (nSPS) is 11.6. The smallest absolute Gasteiger partial charge is 0.333 e. The second kappa shape index (κ2) is 8.77. The number of amides is 2. The lowest BCUT2D eigenvalue weighted by molar-refractivity contribution is 0.256. The number of urea groups is 1. The van der Waals surface area contributed by atoms with Crippen molar-refractivity contribution in [3.63, 3.8) is 0 Å². The fourth-order valence-electron chi connectivity index (χ4n) is 3.01. The molecule has 0 aliphatic carbocycles. The van der Waals surface area contributed by atoms with Crippen molar-refractivity contribution < 1.29 is 17.9 Å². The fraction of sp³-hybridized carbons (Fsp3) is 0.450. The third-order valence-electron chi connectivity index (χ3n) is 4.44. The van der Waals surface area contributed by atoms with Gasteiger partial charge in [0.2, 0.25) is 0 Å². The molecule has 0 atom stereocenters. The van der Waals surface area contributed by atoms with Crippen LogP contribution in [0.1, 0.15) is 61.9 Å². The number of anilines is 1. The number of aryl methyl sites for hydroxylation is 2. The van der Waals surface area contributed by atoms with E-state index in [1.807, 2.05) is 51.5 Å². The van der Waals surface area contributed by atoms with Gasteiger partial charge in [-0.3, -0.25) is 0 Å². The van der Waals surface area contributed by atoms with Crippen molar-refractivity contribution in [1.82, 2.24) is 14.7 Å². The van der Waals surface area contributed by atoms with Crippen LogP contribution in [0.3, 0.4) is 0 Å². The molecule has 9 heteroatoms. The van der Waals surface area contributed by atoms with Crippen molar-refractivity contribution in [2.75, 3.05) is 12.4 Å². The summed E-state index contributed by atoms with van der Waals surface area (Å²) in [5, 5.41) is 2.74. The number of carbonyl (C=O) groups excluding carboxylic acids is 1. The Morgan fingerprint density at radius 2 is 1.62 bits per heavy atom. The van der Waals surface area contributed by atoms with Gasteiger partial charge in [0.1, 0.15) is 4.90 Å². The Balaban J connectivity index is 2.36. The lowest BCUT2D eigenvalue weighted by Gasteiger charge is -2.21. The van der Waals surface area contributed by atoms with Gasteiger partial charge < -0.3 is 10.1 Å². The molecule has 0 aliphatic heterocycles. The van der Waals surface area contributed by atoms with Gasteiger partial charge in [-0.15, -0.1) is 0 Å². The first-order valence-electron chi connectivity index (χ1n) is 9.32. The molecule has 2 rings (SSSR count). The van der Waals surface area contributed by atoms with Crippen LogP contribution in [0.4, 0.5) is 10.5 Å². The van der Waals surface area contributed by atoms with Crippen molar-refractivity contribution in [1.29, 1.82) is 0 Å². The van der Waals surface area contributed by atoms with Crippen LogP contribution in [0.15, 0.2) is 23.2 Å². The van der Waals surface area contributed by atoms with Gasteiger partial charge in [-0.05, 0) is 36.8 Å². The molecule has 0 fully saturated rings. The fourth-order valence-corrected chi connectivity index (χ4v) is 4.04. The third kappa shape index (κ3) is 5.23. The highest BCUT2D eigenvalue weighted by molar-refractivity contribution is 7.90. The van der Waals surface area contributed by atoms with Gasteiger partial charge in [0.15, 0.2) is 0 Å². The molecule has 0 spiro atoms. The summed E-state index contributed by atoms with van der Waals surface area (Å²) < 4.78 is 32.2. The Bertz CT molecular complexity index is 988. The van der Waals surface area contributed by atoms with Crippen LogP contribution < -0.4 is 14.8 Å². The van der Waals surface area contributed by atoms with E-state index in [2.05, 4.69) is 15.3 Å². The molecule has 29 heavy (non-hydrogen) atoms. The van der Waals surface area contributed by atoms with E-state index >= 15 is 0 Å². The first-order chi connectivity index (χ1) is 13.5. The number of aromatic nitrogens is 2. The van der Waals surface area contributed by atoms with E-state index in [4.69, 9.17) is 4.74 Å². The predicted molar refractivity (Wildman–Crippen MR) is 112 cm³/mol. The van der Waals surface area contributed by atoms with Crippen LogP contribution in [0, 0.1) is 13.8 Å². The maximum Gasteiger partial charge on any atom is 0.333 e. The van der Waals surface area contributed by atoms with Gasteiger partial charge in [0.25, 0.3) is 10.0 Å². The molecule has 2 amide bonds. The lowest BCUT2D eigenvalue weighted by Crippen LogP contribution is -2.35. The molecule has 8 nitrogen and oxygen atoms in total. The number of carbonyl (C=O) groups is 1. The Labute approximate surface area is 172 Å². The zero-order valence-electron chi connectivity index (χ0n) is 17.8. The number of rotatable bonds is 6. The molecule has 2 N–H and O–H groups in total. The molecule has 0 saturated heterocycles. The first-order valence-corrected chi connectivity index (χ1v) is 10.8. The van der Waals surface area contributed by atoms with Gasteiger partial charge in [0, 0.05) is 5.69 Å². The van der Waals surface area contributed by atoms with Crippen molar-refractivity contribution in [2.24, 2.45) is 0 Å². The number of hydrogen-bond donors (Lipinski definition) is 2. The molecule has 0 saturated carbocycles. The quantitative estimate of drug-likeness (QED) is 0.734. The molecule has 1 aromatic carbocycles. The highest BCUT2D eigenvalue weighted by Gasteiger charge is 2.24. The summed E-state index contributed by atoms with van der Waals surface area (Å²) in [5.41, 5.74) is 3.80. The highest BCUT2D eigenvalue weighted by atomic mass is 32.2. The highest BCUT2D eigenvalue weighted by Crippen LogP contribution is 2.33. The number of nitrogens with zero attached hydrogens (tertiary/aromatic N) is 2. The van der Waals surface area contributed by atoms with Gasteiger partial charge in [-0.25, -0.2) is 22.9 Å². The average Bonchev–Trinajstić information content (AvgIpc) is 2.61. The van der Waals surface area contributed by atoms with E-state index in [0.717, 1.165) is 22.9 Å². The third-order valence-corrected chi connectivity index (χ3v) is 5.87. The SMILES string of the molecule is COc1ncc(S(=O)(=O)NC(=O)Nc2c(C(C)C)cc(C)cc2C(C)C)c(C)n1. The molecular formula is C20H28N4O4S. The Morgan fingerprint density at radius 3 is 2.07 bits per heavy atom. The van der Waals surface area contributed by atoms with Crippen molar-refractivity contribution >= 4 is 21.7 Å². The number of hydrogen-bond acceptors (Lipinski definition) is 6. The molecule has 1 aromatic heterocycles. The van der Waals surface area contributed by atoms with Gasteiger partial charge in [0.05, 0.1) is 19.0 Å². The largest absolute Gasteiger partial charge is 0.467 e. The minimum Gasteiger partial charge on any atom is -0.467 e. The van der Waals surface area contributed by atoms with Gasteiger partial charge in [-0.1, -0.05) is 45.4 Å². The molecule has 2 aromatic rings. The van der Waals surface area contributed by atoms with E-state index in [1.165, 1.54) is 14.0 Å². The molecule has 158 valence electrons. The summed E-state index contributed by atoms with van der Waals surface area (Å²) >= 11 is 0. The Morgan fingerprint density at radius 1 is 1.07 bits per heavy atom. The molecule has 0 radical (unpaired) electrons. The zero-order chi connectivity index (χ0) is 21.9. The second-order valence-electron chi connectivity index (χ2n) is 7.49. The Hall–Kier alpha value is -2.68. The molecular weight excluding hydrogens is 392 g/mol. The van der Waals surface area contributed by atoms with Crippen LogP contribution in [0.25, 0.3) is 0 Å². The molecule has 0 unspecified atom stereocenters. The standard InChI is InChI=1S/C20H28N4O4S/c1-11(2)15-8-13(5)9-16(12(3)4)18(15)23-19(25)24-29(26,27)17-10-21-20(28-7)22-14(17)6/h8-12H,1-7H3,(H2,23,24,25). The van der Waals surface area contributed by atoms with Crippen LogP contribution in [-0.2, 0) is 10.0 Å². The minimum absolute atomic E-state index is 0.0497. The van der Waals surface area contributed by atoms with Crippen LogP contribution in [0.5, 0.6) is 6.01 Å². The van der Waals surface area contributed by atoms with Gasteiger partial charge >= 0.3 is 12.0 Å². The number of benzene rings is 1. The second-order valence-corrected chi connectivity index (χ2v) is 9.14. The maximum atomic E-state index is 12.7. The molecule has 1 heterocycles. The van der Waals surface area contributed by atoms with E-state index in [9.17, 15) is 13.2 Å². The summed E-state index contributed by atoms with van der Waals surface area (Å²) in [4.78, 5) is 20.2. The summed E-state index contributed by atoms with van der Waals surface area (Å²) in [6.07, 6.45) is 1.11. The molecule has 0 bridgehead atoms. The van der Waals surface area contributed by atoms with Crippen molar-refractivity contribution in [3.8, 4) is 6.01 Å². The maximum absolute atomic E-state index is 12.7. The van der Waals surface area contributed by atoms with Crippen LogP contribution in [-0.4, -0.2) is 31.5 Å².